The number of nitrogens with one attached hydrogen (secondary N) is 1. The predicted molar refractivity (Wildman–Crippen MR) is 89.0 cm³/mol. The molecular weight excluding hydrogens is 288 g/mol. The lowest BCUT2D eigenvalue weighted by molar-refractivity contribution is -0.121. The highest BCUT2D eigenvalue weighted by Gasteiger charge is 2.11. The third-order valence-electron chi connectivity index (χ3n) is 2.80. The van der Waals surface area contributed by atoms with Gasteiger partial charge in [0.15, 0.2) is 0 Å². The molecule has 4 nitrogen and oxygen atoms in total. The Balaban J connectivity index is 0.00000400. The van der Waals surface area contributed by atoms with Gasteiger partial charge in [-0.05, 0) is 51.3 Å². The molecule has 0 bridgehead atoms. The van der Waals surface area contributed by atoms with Crippen molar-refractivity contribution in [3.05, 3.63) is 29.8 Å². The van der Waals surface area contributed by atoms with Crippen molar-refractivity contribution < 1.29 is 9.53 Å². The number of aryl methyl sites for hydroxylation is 1. The van der Waals surface area contributed by atoms with Crippen LogP contribution < -0.4 is 15.8 Å². The second-order valence-electron chi connectivity index (χ2n) is 5.89. The maximum atomic E-state index is 11.6. The molecule has 0 spiro atoms. The van der Waals surface area contributed by atoms with Crippen LogP contribution in [0.15, 0.2) is 24.3 Å². The summed E-state index contributed by atoms with van der Waals surface area (Å²) < 4.78 is 5.63. The molecule has 1 amide bonds. The zero-order chi connectivity index (χ0) is 15.0. The number of hydrogen-bond donors (Lipinski definition) is 2. The Morgan fingerprint density at radius 2 is 2.05 bits per heavy atom. The van der Waals surface area contributed by atoms with Crippen LogP contribution in [0.3, 0.4) is 0 Å². The van der Waals surface area contributed by atoms with Crippen LogP contribution in [0.4, 0.5) is 0 Å². The van der Waals surface area contributed by atoms with Crippen molar-refractivity contribution >= 4 is 18.3 Å². The zero-order valence-corrected chi connectivity index (χ0v) is 14.0. The summed E-state index contributed by atoms with van der Waals surface area (Å²) in [4.78, 5) is 11.6. The van der Waals surface area contributed by atoms with Crippen LogP contribution >= 0.6 is 12.4 Å². The van der Waals surface area contributed by atoms with Gasteiger partial charge in [0.05, 0.1) is 6.61 Å². The van der Waals surface area contributed by atoms with E-state index in [4.69, 9.17) is 10.5 Å². The highest BCUT2D eigenvalue weighted by Crippen LogP contribution is 2.12. The van der Waals surface area contributed by atoms with E-state index in [1.165, 1.54) is 5.56 Å². The number of hydrogen-bond acceptors (Lipinski definition) is 3. The monoisotopic (exact) mass is 314 g/mol. The van der Waals surface area contributed by atoms with E-state index in [0.717, 1.165) is 18.6 Å². The van der Waals surface area contributed by atoms with Gasteiger partial charge in [-0.1, -0.05) is 12.1 Å². The molecule has 0 unspecified atom stereocenters. The van der Waals surface area contributed by atoms with E-state index < -0.39 is 0 Å². The third-order valence-corrected chi connectivity index (χ3v) is 2.80. The molecule has 21 heavy (non-hydrogen) atoms. The molecule has 0 saturated heterocycles. The molecule has 1 aromatic rings. The maximum Gasteiger partial charge on any atom is 0.220 e. The summed E-state index contributed by atoms with van der Waals surface area (Å²) >= 11 is 0. The minimum atomic E-state index is -0.357. The Hall–Kier alpha value is -1.26. The third kappa shape index (κ3) is 10.2. The first-order valence-corrected chi connectivity index (χ1v) is 7.12. The molecule has 0 heterocycles. The van der Waals surface area contributed by atoms with Crippen LogP contribution in [0, 0.1) is 6.92 Å². The lowest BCUT2D eigenvalue weighted by Gasteiger charge is -2.18. The first-order valence-electron chi connectivity index (χ1n) is 7.12. The summed E-state index contributed by atoms with van der Waals surface area (Å²) in [6.45, 7) is 6.97. The summed E-state index contributed by atoms with van der Waals surface area (Å²) in [5.74, 6) is 0.943. The molecule has 0 aliphatic carbocycles. The Morgan fingerprint density at radius 1 is 1.33 bits per heavy atom. The molecule has 3 N–H and O–H groups in total. The highest BCUT2D eigenvalue weighted by molar-refractivity contribution is 5.85. The van der Waals surface area contributed by atoms with Crippen molar-refractivity contribution in [1.29, 1.82) is 0 Å². The fourth-order valence-electron chi connectivity index (χ4n) is 1.70. The molecule has 0 aliphatic rings. The smallest absolute Gasteiger partial charge is 0.220 e. The molecule has 0 aromatic heterocycles. The summed E-state index contributed by atoms with van der Waals surface area (Å²) in [6, 6.07) is 7.97. The van der Waals surface area contributed by atoms with Gasteiger partial charge in [0, 0.05) is 18.5 Å². The van der Waals surface area contributed by atoms with Gasteiger partial charge in [-0.25, -0.2) is 0 Å². The Morgan fingerprint density at radius 3 is 2.67 bits per heavy atom. The molecule has 0 saturated carbocycles. The van der Waals surface area contributed by atoms with Gasteiger partial charge in [-0.15, -0.1) is 12.4 Å². The molecule has 0 fully saturated rings. The van der Waals surface area contributed by atoms with E-state index in [1.807, 2.05) is 45.0 Å². The molecule has 0 aliphatic heterocycles. The Labute approximate surface area is 133 Å². The number of amides is 1. The number of rotatable bonds is 8. The number of ether oxygens (including phenoxy) is 1. The van der Waals surface area contributed by atoms with Crippen LogP contribution in [0.5, 0.6) is 5.75 Å². The van der Waals surface area contributed by atoms with E-state index in [-0.39, 0.29) is 23.9 Å². The predicted octanol–water partition coefficient (Wildman–Crippen LogP) is 2.82. The van der Waals surface area contributed by atoms with Crippen LogP contribution in [0.1, 0.15) is 38.7 Å². The van der Waals surface area contributed by atoms with E-state index in [2.05, 4.69) is 5.32 Å². The van der Waals surface area contributed by atoms with Gasteiger partial charge in [0.2, 0.25) is 5.91 Å². The van der Waals surface area contributed by atoms with Crippen LogP contribution in [0.25, 0.3) is 0 Å². The van der Waals surface area contributed by atoms with Gasteiger partial charge < -0.3 is 15.8 Å². The average molecular weight is 315 g/mol. The average Bonchev–Trinajstić information content (AvgIpc) is 2.35. The first-order chi connectivity index (χ1) is 9.37. The molecule has 120 valence electrons. The normalized spacial score (nSPS) is 10.7. The van der Waals surface area contributed by atoms with Crippen LogP contribution in [-0.2, 0) is 4.79 Å². The lowest BCUT2D eigenvalue weighted by Crippen LogP contribution is -2.45. The molecule has 0 atom stereocenters. The van der Waals surface area contributed by atoms with Crippen molar-refractivity contribution in [2.24, 2.45) is 5.73 Å². The minimum Gasteiger partial charge on any atom is -0.494 e. The zero-order valence-electron chi connectivity index (χ0n) is 13.1. The van der Waals surface area contributed by atoms with Gasteiger partial charge in [-0.3, -0.25) is 4.79 Å². The summed E-state index contributed by atoms with van der Waals surface area (Å²) in [5.41, 5.74) is 6.63. The maximum absolute atomic E-state index is 11.6. The standard InChI is InChI=1S/C16H26N2O2.ClH/c1-13-7-6-8-14(11-13)20-10-5-4-9-15(19)18-12-16(2,3)17;/h6-8,11H,4-5,9-10,12,17H2,1-3H3,(H,18,19);1H. The first kappa shape index (κ1) is 19.7. The fourth-order valence-corrected chi connectivity index (χ4v) is 1.70. The Kier molecular flexibility index (Phi) is 9.06. The molecule has 5 heteroatoms. The van der Waals surface area contributed by atoms with Gasteiger partial charge >= 0.3 is 0 Å². The fraction of sp³-hybridized carbons (Fsp3) is 0.562. The van der Waals surface area contributed by atoms with E-state index in [0.29, 0.717) is 19.6 Å². The van der Waals surface area contributed by atoms with Crippen molar-refractivity contribution in [2.45, 2.75) is 45.6 Å². The van der Waals surface area contributed by atoms with Crippen molar-refractivity contribution in [1.82, 2.24) is 5.32 Å². The number of halogens is 1. The number of unbranched alkanes of at least 4 members (excludes halogenated alkanes) is 1. The SMILES string of the molecule is Cc1cccc(OCCCCC(=O)NCC(C)(C)N)c1.Cl. The highest BCUT2D eigenvalue weighted by atomic mass is 35.5. The van der Waals surface area contributed by atoms with Crippen molar-refractivity contribution in [2.75, 3.05) is 13.2 Å². The summed E-state index contributed by atoms with van der Waals surface area (Å²) in [6.07, 6.45) is 2.21. The van der Waals surface area contributed by atoms with Crippen molar-refractivity contribution in [3.63, 3.8) is 0 Å². The topological polar surface area (TPSA) is 64.3 Å². The molecule has 0 radical (unpaired) electrons. The van der Waals surface area contributed by atoms with Crippen molar-refractivity contribution in [3.8, 4) is 5.75 Å². The number of benzene rings is 1. The van der Waals surface area contributed by atoms with Crippen LogP contribution in [-0.4, -0.2) is 24.6 Å². The second kappa shape index (κ2) is 9.64. The molecule has 1 aromatic carbocycles. The second-order valence-corrected chi connectivity index (χ2v) is 5.89. The summed E-state index contributed by atoms with van der Waals surface area (Å²) in [5, 5.41) is 2.83. The number of carbonyl (C=O) groups is 1. The number of carbonyl (C=O) groups excluding carboxylic acids is 1. The molecule has 1 rings (SSSR count). The largest absolute Gasteiger partial charge is 0.494 e. The minimum absolute atomic E-state index is 0. The van der Waals surface area contributed by atoms with Gasteiger partial charge in [0.25, 0.3) is 0 Å². The van der Waals surface area contributed by atoms with Crippen LogP contribution in [0.2, 0.25) is 0 Å². The van der Waals surface area contributed by atoms with Gasteiger partial charge in [0.1, 0.15) is 5.75 Å². The van der Waals surface area contributed by atoms with E-state index in [9.17, 15) is 4.79 Å². The van der Waals surface area contributed by atoms with Gasteiger partial charge in [-0.2, -0.15) is 0 Å². The van der Waals surface area contributed by atoms with E-state index >= 15 is 0 Å². The lowest BCUT2D eigenvalue weighted by atomic mass is 10.1. The molecular formula is C16H27ClN2O2. The van der Waals surface area contributed by atoms with E-state index in [1.54, 1.807) is 0 Å². The number of nitrogens with two attached hydrogens (primary N) is 1. The Bertz CT molecular complexity index is 431. The summed E-state index contributed by atoms with van der Waals surface area (Å²) in [7, 11) is 0. The quantitative estimate of drug-likeness (QED) is 0.725.